The molecule has 0 amide bonds. The summed E-state index contributed by atoms with van der Waals surface area (Å²) in [5, 5.41) is 22.3. The minimum absolute atomic E-state index is 0.248. The van der Waals surface area contributed by atoms with E-state index < -0.39 is 0 Å². The zero-order valence-corrected chi connectivity index (χ0v) is 7.79. The molecule has 1 unspecified atom stereocenters. The topological polar surface area (TPSA) is 87.3 Å². The largest absolute Gasteiger partial charge is 0.374 e. The van der Waals surface area contributed by atoms with Crippen LogP contribution in [0.4, 0.5) is 10.3 Å². The van der Waals surface area contributed by atoms with E-state index in [0.717, 1.165) is 11.6 Å². The van der Waals surface area contributed by atoms with Gasteiger partial charge in [0, 0.05) is 19.1 Å². The predicted octanol–water partition coefficient (Wildman–Crippen LogP) is -0.00430. The summed E-state index contributed by atoms with van der Waals surface area (Å²) >= 11 is 1.32. The molecule has 72 valence electrons. The number of aromatic nitrogens is 2. The van der Waals surface area contributed by atoms with Crippen LogP contribution >= 0.6 is 11.3 Å². The fourth-order valence-electron chi connectivity index (χ4n) is 1.33. The van der Waals surface area contributed by atoms with Crippen molar-refractivity contribution in [3.05, 3.63) is 0 Å². The summed E-state index contributed by atoms with van der Waals surface area (Å²) in [7, 11) is 0. The summed E-state index contributed by atoms with van der Waals surface area (Å²) in [6.45, 7) is 1.32. The van der Waals surface area contributed by atoms with Gasteiger partial charge < -0.3 is 16.3 Å². The Hall–Kier alpha value is -0.920. The van der Waals surface area contributed by atoms with E-state index in [0.29, 0.717) is 18.2 Å². The number of rotatable bonds is 2. The van der Waals surface area contributed by atoms with Gasteiger partial charge in [-0.05, 0) is 6.42 Å². The molecule has 1 aliphatic heterocycles. The van der Waals surface area contributed by atoms with Gasteiger partial charge in [-0.3, -0.25) is 0 Å². The van der Waals surface area contributed by atoms with Crippen LogP contribution in [0.2, 0.25) is 0 Å². The fourth-order valence-corrected chi connectivity index (χ4v) is 1.91. The minimum Gasteiger partial charge on any atom is -0.374 e. The number of anilines is 2. The molecule has 1 fully saturated rings. The number of hydrogen-bond acceptors (Lipinski definition) is 7. The molecule has 0 saturated carbocycles. The van der Waals surface area contributed by atoms with Gasteiger partial charge in [-0.2, -0.15) is 5.06 Å². The van der Waals surface area contributed by atoms with Crippen molar-refractivity contribution in [1.82, 2.24) is 15.3 Å². The van der Waals surface area contributed by atoms with Crippen molar-refractivity contribution < 1.29 is 5.21 Å². The third kappa shape index (κ3) is 2.06. The SMILES string of the molecule is Nc1nnc(NC2CCN(O)C2)s1. The number of nitrogens with two attached hydrogens (primary N) is 1. The third-order valence-corrected chi connectivity index (χ3v) is 2.62. The first-order chi connectivity index (χ1) is 6.24. The van der Waals surface area contributed by atoms with Crippen LogP contribution in [0.25, 0.3) is 0 Å². The molecule has 2 heterocycles. The maximum Gasteiger partial charge on any atom is 0.207 e. The lowest BCUT2D eigenvalue weighted by atomic mass is 10.3. The number of nitrogen functional groups attached to an aromatic ring is 1. The van der Waals surface area contributed by atoms with Gasteiger partial charge in [0.05, 0.1) is 0 Å². The van der Waals surface area contributed by atoms with Crippen LogP contribution in [-0.4, -0.2) is 39.6 Å². The van der Waals surface area contributed by atoms with Gasteiger partial charge in [0.1, 0.15) is 0 Å². The van der Waals surface area contributed by atoms with E-state index in [1.165, 1.54) is 16.4 Å². The summed E-state index contributed by atoms with van der Waals surface area (Å²) in [5.74, 6) is 0. The van der Waals surface area contributed by atoms with Gasteiger partial charge in [-0.25, -0.2) is 0 Å². The molecule has 13 heavy (non-hydrogen) atoms. The van der Waals surface area contributed by atoms with Crippen LogP contribution in [0.1, 0.15) is 6.42 Å². The Morgan fingerprint density at radius 2 is 2.46 bits per heavy atom. The van der Waals surface area contributed by atoms with Crippen molar-refractivity contribution in [2.24, 2.45) is 0 Å². The molecule has 1 saturated heterocycles. The normalized spacial score (nSPS) is 23.6. The second kappa shape index (κ2) is 3.44. The Bertz CT molecular complexity index is 290. The number of hydrogen-bond donors (Lipinski definition) is 3. The van der Waals surface area contributed by atoms with Crippen LogP contribution in [0, 0.1) is 0 Å². The monoisotopic (exact) mass is 201 g/mol. The second-order valence-electron chi connectivity index (χ2n) is 2.99. The molecule has 7 heteroatoms. The average molecular weight is 201 g/mol. The summed E-state index contributed by atoms with van der Waals surface area (Å²) in [4.78, 5) is 0. The van der Waals surface area contributed by atoms with Gasteiger partial charge in [0.15, 0.2) is 0 Å². The van der Waals surface area contributed by atoms with E-state index in [1.807, 2.05) is 0 Å². The first-order valence-corrected chi connectivity index (χ1v) is 4.85. The number of nitrogens with one attached hydrogen (secondary N) is 1. The highest BCUT2D eigenvalue weighted by atomic mass is 32.1. The van der Waals surface area contributed by atoms with E-state index in [1.54, 1.807) is 0 Å². The summed E-state index contributed by atoms with van der Waals surface area (Å²) < 4.78 is 0. The Labute approximate surface area is 79.3 Å². The Morgan fingerprint density at radius 3 is 3.00 bits per heavy atom. The number of nitrogens with zero attached hydrogens (tertiary/aromatic N) is 3. The second-order valence-corrected chi connectivity index (χ2v) is 4.00. The van der Waals surface area contributed by atoms with E-state index in [-0.39, 0.29) is 6.04 Å². The van der Waals surface area contributed by atoms with Crippen molar-refractivity contribution in [2.45, 2.75) is 12.5 Å². The van der Waals surface area contributed by atoms with Crippen LogP contribution in [-0.2, 0) is 0 Å². The van der Waals surface area contributed by atoms with Crippen molar-refractivity contribution in [1.29, 1.82) is 0 Å². The van der Waals surface area contributed by atoms with Crippen molar-refractivity contribution >= 4 is 21.6 Å². The van der Waals surface area contributed by atoms with E-state index in [4.69, 9.17) is 10.9 Å². The quantitative estimate of drug-likeness (QED) is 0.624. The van der Waals surface area contributed by atoms with Gasteiger partial charge in [0.25, 0.3) is 0 Å². The first kappa shape index (κ1) is 8.67. The van der Waals surface area contributed by atoms with Crippen LogP contribution in [0.5, 0.6) is 0 Å². The average Bonchev–Trinajstić information content (AvgIpc) is 2.62. The molecule has 1 aliphatic rings. The maximum atomic E-state index is 9.12. The lowest BCUT2D eigenvalue weighted by Gasteiger charge is -2.09. The molecule has 0 spiro atoms. The molecule has 0 radical (unpaired) electrons. The van der Waals surface area contributed by atoms with E-state index >= 15 is 0 Å². The molecule has 1 atom stereocenters. The fraction of sp³-hybridized carbons (Fsp3) is 0.667. The first-order valence-electron chi connectivity index (χ1n) is 4.03. The smallest absolute Gasteiger partial charge is 0.207 e. The molecular formula is C6H11N5OS. The zero-order chi connectivity index (χ0) is 9.26. The highest BCUT2D eigenvalue weighted by molar-refractivity contribution is 7.18. The minimum atomic E-state index is 0.248. The molecule has 6 nitrogen and oxygen atoms in total. The maximum absolute atomic E-state index is 9.12. The molecule has 0 bridgehead atoms. The van der Waals surface area contributed by atoms with Crippen LogP contribution in [0.3, 0.4) is 0 Å². The summed E-state index contributed by atoms with van der Waals surface area (Å²) in [6, 6.07) is 0.248. The highest BCUT2D eigenvalue weighted by Gasteiger charge is 2.21. The number of hydroxylamine groups is 2. The molecule has 0 aliphatic carbocycles. The molecular weight excluding hydrogens is 190 g/mol. The van der Waals surface area contributed by atoms with Crippen LogP contribution < -0.4 is 11.1 Å². The van der Waals surface area contributed by atoms with Crippen molar-refractivity contribution in [3.8, 4) is 0 Å². The Kier molecular flexibility index (Phi) is 2.30. The molecule has 0 aromatic carbocycles. The van der Waals surface area contributed by atoms with Crippen molar-refractivity contribution in [3.63, 3.8) is 0 Å². The van der Waals surface area contributed by atoms with Crippen molar-refractivity contribution in [2.75, 3.05) is 24.1 Å². The Balaban J connectivity index is 1.91. The third-order valence-electron chi connectivity index (χ3n) is 1.94. The predicted molar refractivity (Wildman–Crippen MR) is 49.7 cm³/mol. The Morgan fingerprint density at radius 1 is 1.62 bits per heavy atom. The van der Waals surface area contributed by atoms with Gasteiger partial charge in [0.2, 0.25) is 10.3 Å². The summed E-state index contributed by atoms with van der Waals surface area (Å²) in [6.07, 6.45) is 0.913. The van der Waals surface area contributed by atoms with Crippen LogP contribution in [0.15, 0.2) is 0 Å². The molecule has 1 aromatic rings. The standard InChI is InChI=1S/C6H11N5OS/c7-5-9-10-6(13-5)8-4-1-2-11(12)3-4/h4,12H,1-3H2,(H2,7,9)(H,8,10). The lowest BCUT2D eigenvalue weighted by molar-refractivity contribution is -0.0685. The molecule has 1 aromatic heterocycles. The molecule has 4 N–H and O–H groups in total. The highest BCUT2D eigenvalue weighted by Crippen LogP contribution is 2.19. The lowest BCUT2D eigenvalue weighted by Crippen LogP contribution is -2.23. The summed E-state index contributed by atoms with van der Waals surface area (Å²) in [5.41, 5.74) is 5.43. The molecule has 2 rings (SSSR count). The van der Waals surface area contributed by atoms with Gasteiger partial charge in [-0.15, -0.1) is 10.2 Å². The van der Waals surface area contributed by atoms with Gasteiger partial charge in [-0.1, -0.05) is 11.3 Å². The zero-order valence-electron chi connectivity index (χ0n) is 6.97. The van der Waals surface area contributed by atoms with E-state index in [2.05, 4.69) is 15.5 Å². The van der Waals surface area contributed by atoms with E-state index in [9.17, 15) is 0 Å². The van der Waals surface area contributed by atoms with Gasteiger partial charge >= 0.3 is 0 Å².